The van der Waals surface area contributed by atoms with Crippen LogP contribution in [0.2, 0.25) is 0 Å². The van der Waals surface area contributed by atoms with Crippen molar-refractivity contribution in [3.05, 3.63) is 0 Å². The van der Waals surface area contributed by atoms with Crippen LogP contribution in [-0.2, 0) is 4.79 Å². The van der Waals surface area contributed by atoms with Crippen molar-refractivity contribution in [1.29, 1.82) is 0 Å². The first-order valence-electron chi connectivity index (χ1n) is 8.26. The van der Waals surface area contributed by atoms with Crippen LogP contribution in [0.4, 0.5) is 0 Å². The molecule has 1 unspecified atom stereocenters. The molecule has 0 aromatic heterocycles. The van der Waals surface area contributed by atoms with Gasteiger partial charge in [-0.3, -0.25) is 4.79 Å². The monoisotopic (exact) mass is 266 g/mol. The Labute approximate surface area is 117 Å². The molecule has 3 heteroatoms. The van der Waals surface area contributed by atoms with E-state index in [1.54, 1.807) is 0 Å². The molecular weight excluding hydrogens is 236 g/mol. The first-order chi connectivity index (χ1) is 9.25. The summed E-state index contributed by atoms with van der Waals surface area (Å²) < 4.78 is 0. The summed E-state index contributed by atoms with van der Waals surface area (Å²) >= 11 is 0. The van der Waals surface area contributed by atoms with Gasteiger partial charge in [0.05, 0.1) is 0 Å². The Morgan fingerprint density at radius 2 is 1.89 bits per heavy atom. The second-order valence-electron chi connectivity index (χ2n) is 6.52. The maximum atomic E-state index is 12.1. The molecule has 3 nitrogen and oxygen atoms in total. The van der Waals surface area contributed by atoms with Crippen LogP contribution < -0.4 is 10.6 Å². The molecule has 1 aliphatic heterocycles. The molecule has 0 radical (unpaired) electrons. The van der Waals surface area contributed by atoms with E-state index in [1.807, 2.05) is 0 Å². The van der Waals surface area contributed by atoms with Gasteiger partial charge >= 0.3 is 0 Å². The van der Waals surface area contributed by atoms with Gasteiger partial charge < -0.3 is 10.6 Å². The Hall–Kier alpha value is -0.570. The highest BCUT2D eigenvalue weighted by molar-refractivity contribution is 5.76. The van der Waals surface area contributed by atoms with Gasteiger partial charge in [-0.15, -0.1) is 0 Å². The van der Waals surface area contributed by atoms with E-state index in [0.717, 1.165) is 13.1 Å². The number of nitrogens with one attached hydrogen (secondary N) is 2. The topological polar surface area (TPSA) is 41.1 Å². The Kier molecular flexibility index (Phi) is 6.15. The minimum atomic E-state index is 0.269. The number of hydrogen-bond donors (Lipinski definition) is 2. The van der Waals surface area contributed by atoms with E-state index in [0.29, 0.717) is 24.3 Å². The third-order valence-corrected chi connectivity index (χ3v) is 4.87. The van der Waals surface area contributed by atoms with Gasteiger partial charge in [0.15, 0.2) is 0 Å². The molecule has 0 spiro atoms. The molecule has 0 aromatic carbocycles. The van der Waals surface area contributed by atoms with Crippen molar-refractivity contribution in [1.82, 2.24) is 10.6 Å². The minimum Gasteiger partial charge on any atom is -0.353 e. The molecule has 2 N–H and O–H groups in total. The van der Waals surface area contributed by atoms with Crippen LogP contribution in [0.5, 0.6) is 0 Å². The molecule has 1 aliphatic carbocycles. The summed E-state index contributed by atoms with van der Waals surface area (Å²) in [5.74, 6) is 1.52. The molecule has 0 aromatic rings. The zero-order chi connectivity index (χ0) is 13.5. The van der Waals surface area contributed by atoms with Crippen LogP contribution in [0.25, 0.3) is 0 Å². The van der Waals surface area contributed by atoms with Gasteiger partial charge in [0.25, 0.3) is 0 Å². The van der Waals surface area contributed by atoms with Crippen molar-refractivity contribution >= 4 is 5.91 Å². The Balaban J connectivity index is 1.70. The maximum Gasteiger partial charge on any atom is 0.220 e. The standard InChI is InChI=1S/C16H30N2O/c1-13(15-8-4-2-3-5-9-15)18-16(19)11-14-7-6-10-17-12-14/h13-15,17H,2-12H2,1H3,(H,18,19)/t13-,14?/m0/s1. The lowest BCUT2D eigenvalue weighted by Crippen LogP contribution is -2.40. The molecule has 1 amide bonds. The van der Waals surface area contributed by atoms with E-state index in [4.69, 9.17) is 0 Å². The van der Waals surface area contributed by atoms with Gasteiger partial charge in [-0.2, -0.15) is 0 Å². The van der Waals surface area contributed by atoms with Crippen molar-refractivity contribution in [2.75, 3.05) is 13.1 Å². The van der Waals surface area contributed by atoms with Crippen LogP contribution in [0.1, 0.15) is 64.7 Å². The summed E-state index contributed by atoms with van der Waals surface area (Å²) in [5.41, 5.74) is 0. The van der Waals surface area contributed by atoms with Gasteiger partial charge in [0.1, 0.15) is 0 Å². The second kappa shape index (κ2) is 7.88. The van der Waals surface area contributed by atoms with Gasteiger partial charge in [0.2, 0.25) is 5.91 Å². The Morgan fingerprint density at radius 3 is 2.53 bits per heavy atom. The summed E-state index contributed by atoms with van der Waals surface area (Å²) in [4.78, 5) is 12.1. The largest absolute Gasteiger partial charge is 0.353 e. The van der Waals surface area contributed by atoms with Crippen LogP contribution in [0.3, 0.4) is 0 Å². The van der Waals surface area contributed by atoms with Crippen LogP contribution in [0.15, 0.2) is 0 Å². The fourth-order valence-corrected chi connectivity index (χ4v) is 3.60. The van der Waals surface area contributed by atoms with Gasteiger partial charge in [0, 0.05) is 12.5 Å². The van der Waals surface area contributed by atoms with Crippen molar-refractivity contribution in [3.8, 4) is 0 Å². The van der Waals surface area contributed by atoms with Crippen LogP contribution in [-0.4, -0.2) is 25.0 Å². The smallest absolute Gasteiger partial charge is 0.220 e. The molecule has 2 fully saturated rings. The van der Waals surface area contributed by atoms with E-state index < -0.39 is 0 Å². The lowest BCUT2D eigenvalue weighted by Gasteiger charge is -2.26. The summed E-state index contributed by atoms with van der Waals surface area (Å²) in [7, 11) is 0. The summed E-state index contributed by atoms with van der Waals surface area (Å²) in [6, 6.07) is 0.363. The molecule has 2 rings (SSSR count). The van der Waals surface area contributed by atoms with Crippen LogP contribution >= 0.6 is 0 Å². The highest BCUT2D eigenvalue weighted by Gasteiger charge is 2.22. The third-order valence-electron chi connectivity index (χ3n) is 4.87. The lowest BCUT2D eigenvalue weighted by molar-refractivity contribution is -0.123. The first kappa shape index (κ1) is 14.8. The van der Waals surface area contributed by atoms with Crippen molar-refractivity contribution in [2.45, 2.75) is 70.8 Å². The van der Waals surface area contributed by atoms with E-state index in [-0.39, 0.29) is 5.91 Å². The lowest BCUT2D eigenvalue weighted by atomic mass is 9.92. The molecule has 1 saturated carbocycles. The summed E-state index contributed by atoms with van der Waals surface area (Å²) in [6.45, 7) is 4.34. The maximum absolute atomic E-state index is 12.1. The fraction of sp³-hybridized carbons (Fsp3) is 0.938. The van der Waals surface area contributed by atoms with Crippen LogP contribution in [0, 0.1) is 11.8 Å². The number of hydrogen-bond acceptors (Lipinski definition) is 2. The average molecular weight is 266 g/mol. The quantitative estimate of drug-likeness (QED) is 0.768. The summed E-state index contributed by atoms with van der Waals surface area (Å²) in [6.07, 6.45) is 11.2. The van der Waals surface area contributed by atoms with Crippen molar-refractivity contribution < 1.29 is 4.79 Å². The highest BCUT2D eigenvalue weighted by Crippen LogP contribution is 2.25. The van der Waals surface area contributed by atoms with Gasteiger partial charge in [-0.1, -0.05) is 25.7 Å². The van der Waals surface area contributed by atoms with E-state index in [2.05, 4.69) is 17.6 Å². The van der Waals surface area contributed by atoms with Crippen molar-refractivity contribution in [2.24, 2.45) is 11.8 Å². The number of carbonyl (C=O) groups excluding carboxylic acids is 1. The molecule has 2 atom stereocenters. The fourth-order valence-electron chi connectivity index (χ4n) is 3.60. The summed E-state index contributed by atoms with van der Waals surface area (Å²) in [5, 5.41) is 6.64. The SMILES string of the molecule is C[C@H](NC(=O)CC1CCCNC1)C1CCCCCC1. The second-order valence-corrected chi connectivity index (χ2v) is 6.52. The van der Waals surface area contributed by atoms with Gasteiger partial charge in [-0.05, 0) is 57.5 Å². The number of amides is 1. The Bertz CT molecular complexity index is 266. The zero-order valence-corrected chi connectivity index (χ0v) is 12.4. The van der Waals surface area contributed by atoms with Crippen molar-refractivity contribution in [3.63, 3.8) is 0 Å². The number of carbonyl (C=O) groups is 1. The third kappa shape index (κ3) is 5.13. The predicted molar refractivity (Wildman–Crippen MR) is 79.0 cm³/mol. The molecule has 110 valence electrons. The first-order valence-corrected chi connectivity index (χ1v) is 8.26. The number of rotatable bonds is 4. The molecule has 0 bridgehead atoms. The highest BCUT2D eigenvalue weighted by atomic mass is 16.1. The molecule has 1 saturated heterocycles. The normalized spacial score (nSPS) is 27.5. The van der Waals surface area contributed by atoms with E-state index in [1.165, 1.54) is 51.4 Å². The number of piperidine rings is 1. The van der Waals surface area contributed by atoms with E-state index >= 15 is 0 Å². The molecular formula is C16H30N2O. The Morgan fingerprint density at radius 1 is 1.16 bits per heavy atom. The average Bonchev–Trinajstić information content (AvgIpc) is 2.68. The van der Waals surface area contributed by atoms with E-state index in [9.17, 15) is 4.79 Å². The zero-order valence-electron chi connectivity index (χ0n) is 12.4. The predicted octanol–water partition coefficient (Wildman–Crippen LogP) is 2.85. The molecule has 19 heavy (non-hydrogen) atoms. The van der Waals surface area contributed by atoms with Gasteiger partial charge in [-0.25, -0.2) is 0 Å². The molecule has 2 aliphatic rings. The molecule has 1 heterocycles. The minimum absolute atomic E-state index is 0.269.